The lowest BCUT2D eigenvalue weighted by Crippen LogP contribution is -2.20. The van der Waals surface area contributed by atoms with E-state index in [2.05, 4.69) is 35.9 Å². The highest BCUT2D eigenvalue weighted by molar-refractivity contribution is 8.08. The highest BCUT2D eigenvalue weighted by Crippen LogP contribution is 2.41. The van der Waals surface area contributed by atoms with Crippen molar-refractivity contribution in [3.8, 4) is 0 Å². The minimum absolute atomic E-state index is 0.367. The summed E-state index contributed by atoms with van der Waals surface area (Å²) >= 11 is 30.4. The van der Waals surface area contributed by atoms with Gasteiger partial charge in [-0.15, -0.1) is 0 Å². The van der Waals surface area contributed by atoms with E-state index in [1.807, 2.05) is 12.3 Å². The normalized spacial score (nSPS) is 11.5. The lowest BCUT2D eigenvalue weighted by atomic mass is 10.1. The topological polar surface area (TPSA) is 34.2 Å². The van der Waals surface area contributed by atoms with Gasteiger partial charge in [-0.1, -0.05) is 64.6 Å². The van der Waals surface area contributed by atoms with Crippen molar-refractivity contribution >= 4 is 83.1 Å². The predicted molar refractivity (Wildman–Crippen MR) is 140 cm³/mol. The first-order valence-electron chi connectivity index (χ1n) is 9.07. The molecule has 166 valence electrons. The molecule has 1 aromatic heterocycles. The van der Waals surface area contributed by atoms with Gasteiger partial charge in [0, 0.05) is 54.8 Å². The summed E-state index contributed by atoms with van der Waals surface area (Å²) in [6.07, 6.45) is 3.67. The van der Waals surface area contributed by atoms with Gasteiger partial charge in [-0.2, -0.15) is 12.6 Å². The molecule has 10 heteroatoms. The molecule has 0 aliphatic heterocycles. The van der Waals surface area contributed by atoms with Crippen LogP contribution in [0.5, 0.6) is 0 Å². The number of benzene rings is 2. The van der Waals surface area contributed by atoms with Gasteiger partial charge in [0.2, 0.25) is 0 Å². The van der Waals surface area contributed by atoms with Gasteiger partial charge in [0.1, 0.15) is 0 Å². The molecule has 31 heavy (non-hydrogen) atoms. The first kappa shape index (κ1) is 27.0. The van der Waals surface area contributed by atoms with E-state index in [-0.39, 0.29) is 0 Å². The van der Waals surface area contributed by atoms with Crippen molar-refractivity contribution in [2.24, 2.45) is 0 Å². The Hall–Kier alpha value is -0.280. The Morgan fingerprint density at radius 2 is 1.42 bits per heavy atom. The molecule has 1 unspecified atom stereocenters. The maximum Gasteiger partial charge on any atom is 0.0738 e. The molecular formula is C21H20Cl4N2OS3. The number of rotatable bonds is 8. The van der Waals surface area contributed by atoms with Gasteiger partial charge in [0.05, 0.1) is 29.9 Å². The van der Waals surface area contributed by atoms with Crippen LogP contribution in [0.15, 0.2) is 70.7 Å². The van der Waals surface area contributed by atoms with Gasteiger partial charge in [-0.05, 0) is 42.8 Å². The molecule has 1 N–H and O–H groups in total. The SMILES string of the molecule is CC(NCCS)c1cccnc1.Clc1cccc(Cl)c1SOSc1c(Cl)cccc1Cl. The number of nitrogens with one attached hydrogen (secondary N) is 1. The molecule has 3 nitrogen and oxygen atoms in total. The van der Waals surface area contributed by atoms with Crippen LogP contribution in [0.2, 0.25) is 20.1 Å². The third kappa shape index (κ3) is 9.24. The maximum atomic E-state index is 6.03. The van der Waals surface area contributed by atoms with E-state index in [0.717, 1.165) is 36.4 Å². The van der Waals surface area contributed by atoms with Gasteiger partial charge < -0.3 is 5.32 Å². The molecular weight excluding hydrogens is 534 g/mol. The number of aromatic nitrogens is 1. The van der Waals surface area contributed by atoms with Crippen LogP contribution in [0.4, 0.5) is 0 Å². The second kappa shape index (κ2) is 14.8. The fourth-order valence-electron chi connectivity index (χ4n) is 2.24. The van der Waals surface area contributed by atoms with E-state index < -0.39 is 0 Å². The van der Waals surface area contributed by atoms with E-state index in [4.69, 9.17) is 50.0 Å². The average Bonchev–Trinajstić information content (AvgIpc) is 2.77. The van der Waals surface area contributed by atoms with E-state index in [1.54, 1.807) is 42.6 Å². The number of hydrogen-bond acceptors (Lipinski definition) is 6. The Bertz CT molecular complexity index is 859. The summed E-state index contributed by atoms with van der Waals surface area (Å²) in [5.41, 5.74) is 1.22. The zero-order valence-corrected chi connectivity index (χ0v) is 21.9. The fourth-order valence-corrected chi connectivity index (χ4v) is 4.81. The lowest BCUT2D eigenvalue weighted by molar-refractivity contribution is 0.600. The Kier molecular flexibility index (Phi) is 12.9. The molecule has 0 fully saturated rings. The molecule has 1 atom stereocenters. The largest absolute Gasteiger partial charge is 0.309 e. The van der Waals surface area contributed by atoms with Crippen LogP contribution in [0.3, 0.4) is 0 Å². The number of thiol groups is 1. The van der Waals surface area contributed by atoms with Crippen molar-refractivity contribution in [2.75, 3.05) is 12.3 Å². The lowest BCUT2D eigenvalue weighted by Gasteiger charge is -2.12. The van der Waals surface area contributed by atoms with Gasteiger partial charge in [0.25, 0.3) is 0 Å². The summed E-state index contributed by atoms with van der Waals surface area (Å²) in [7, 11) is 0. The molecule has 3 aromatic rings. The summed E-state index contributed by atoms with van der Waals surface area (Å²) in [5, 5.41) is 5.46. The molecule has 0 radical (unpaired) electrons. The van der Waals surface area contributed by atoms with Crippen LogP contribution in [-0.4, -0.2) is 17.3 Å². The zero-order chi connectivity index (χ0) is 22.6. The number of hydrogen-bond donors (Lipinski definition) is 2. The van der Waals surface area contributed by atoms with Crippen molar-refractivity contribution in [2.45, 2.75) is 22.8 Å². The molecule has 0 saturated carbocycles. The van der Waals surface area contributed by atoms with E-state index >= 15 is 0 Å². The summed E-state index contributed by atoms with van der Waals surface area (Å²) in [6, 6.07) is 14.9. The summed E-state index contributed by atoms with van der Waals surface area (Å²) in [4.78, 5) is 5.36. The number of halogens is 4. The first-order valence-corrected chi connectivity index (χ1v) is 12.7. The zero-order valence-electron chi connectivity index (χ0n) is 16.4. The third-order valence-corrected chi connectivity index (χ3v) is 7.51. The van der Waals surface area contributed by atoms with Crippen LogP contribution in [0, 0.1) is 0 Å². The average molecular weight is 554 g/mol. The standard InChI is InChI=1S/C12H6Cl4OS2.C9H14N2S/c13-7-3-1-4-8(14)11(7)18-17-19-12-9(15)5-2-6-10(12)16;1-8(11-5-6-12)9-3-2-4-10-7-9/h1-6H;2-4,7-8,11-12H,5-6H2,1H3. The second-order valence-electron chi connectivity index (χ2n) is 6.02. The van der Waals surface area contributed by atoms with Gasteiger partial charge in [0.15, 0.2) is 0 Å². The number of nitrogens with zero attached hydrogens (tertiary/aromatic N) is 1. The second-order valence-corrected chi connectivity index (χ2v) is 9.79. The molecule has 0 amide bonds. The third-order valence-electron chi connectivity index (χ3n) is 3.82. The first-order chi connectivity index (χ1) is 14.9. The van der Waals surface area contributed by atoms with Gasteiger partial charge in [-0.3, -0.25) is 4.98 Å². The van der Waals surface area contributed by atoms with E-state index in [1.165, 1.54) is 5.56 Å². The molecule has 0 aliphatic rings. The minimum Gasteiger partial charge on any atom is -0.309 e. The summed E-state index contributed by atoms with van der Waals surface area (Å²) < 4.78 is 5.42. The van der Waals surface area contributed by atoms with Crippen molar-refractivity contribution < 1.29 is 3.63 Å². The molecule has 2 aromatic carbocycles. The van der Waals surface area contributed by atoms with Crippen LogP contribution >= 0.6 is 83.1 Å². The van der Waals surface area contributed by atoms with Crippen LogP contribution < -0.4 is 5.32 Å². The molecule has 0 bridgehead atoms. The Balaban J connectivity index is 0.000000245. The van der Waals surface area contributed by atoms with Gasteiger partial charge in [-0.25, -0.2) is 3.63 Å². The van der Waals surface area contributed by atoms with Crippen molar-refractivity contribution in [1.82, 2.24) is 10.3 Å². The Morgan fingerprint density at radius 3 is 1.84 bits per heavy atom. The van der Waals surface area contributed by atoms with Crippen LogP contribution in [0.1, 0.15) is 18.5 Å². The number of pyridine rings is 1. The summed E-state index contributed by atoms with van der Waals surface area (Å²) in [6.45, 7) is 3.06. The monoisotopic (exact) mass is 552 g/mol. The maximum absolute atomic E-state index is 6.03. The van der Waals surface area contributed by atoms with E-state index in [9.17, 15) is 0 Å². The molecule has 0 aliphatic carbocycles. The summed E-state index contributed by atoms with van der Waals surface area (Å²) in [5.74, 6) is 0.866. The smallest absolute Gasteiger partial charge is 0.0738 e. The molecule has 1 heterocycles. The van der Waals surface area contributed by atoms with Crippen molar-refractivity contribution in [3.63, 3.8) is 0 Å². The van der Waals surface area contributed by atoms with Crippen molar-refractivity contribution in [3.05, 3.63) is 86.6 Å². The highest BCUT2D eigenvalue weighted by Gasteiger charge is 2.11. The minimum atomic E-state index is 0.367. The fraction of sp³-hybridized carbons (Fsp3) is 0.190. The Labute approximate surface area is 217 Å². The predicted octanol–water partition coefficient (Wildman–Crippen LogP) is 8.69. The van der Waals surface area contributed by atoms with Crippen LogP contribution in [0.25, 0.3) is 0 Å². The highest BCUT2D eigenvalue weighted by atomic mass is 35.5. The van der Waals surface area contributed by atoms with Crippen molar-refractivity contribution in [1.29, 1.82) is 0 Å². The molecule has 3 rings (SSSR count). The molecule has 0 saturated heterocycles. The Morgan fingerprint density at radius 1 is 0.903 bits per heavy atom. The van der Waals surface area contributed by atoms with Gasteiger partial charge >= 0.3 is 0 Å². The molecule has 0 spiro atoms. The van der Waals surface area contributed by atoms with Crippen LogP contribution in [-0.2, 0) is 3.63 Å². The van der Waals surface area contributed by atoms with E-state index in [0.29, 0.717) is 35.9 Å². The quantitative estimate of drug-likeness (QED) is 0.215.